The number of H-pyrrole nitrogens is 1. The van der Waals surface area contributed by atoms with Crippen molar-refractivity contribution in [2.24, 2.45) is 0 Å². The molecule has 9 heteroatoms. The Morgan fingerprint density at radius 3 is 2.70 bits per heavy atom. The van der Waals surface area contributed by atoms with Gasteiger partial charge in [-0.1, -0.05) is 18.2 Å². The van der Waals surface area contributed by atoms with Gasteiger partial charge in [0.15, 0.2) is 17.5 Å². The molecule has 0 saturated heterocycles. The number of benzene rings is 1. The third-order valence-electron chi connectivity index (χ3n) is 4.21. The second-order valence-electron chi connectivity index (χ2n) is 6.05. The van der Waals surface area contributed by atoms with Crippen molar-refractivity contribution >= 4 is 34.1 Å². The standard InChI is InChI=1S/C18H15N9/c1-10-20-16(24-18(19)21-10)14-17(22-13-8-4-5-9-27(13)14)23-15-11-6-2-3-7-12(11)25-26-15/h2-9H,1H3,(H2,23,25,26)(H2,19,20,21,24). The van der Waals surface area contributed by atoms with Crippen molar-refractivity contribution in [1.82, 2.24) is 34.5 Å². The van der Waals surface area contributed by atoms with E-state index in [-0.39, 0.29) is 5.95 Å². The summed E-state index contributed by atoms with van der Waals surface area (Å²) in [6.45, 7) is 1.78. The van der Waals surface area contributed by atoms with Crippen LogP contribution >= 0.6 is 0 Å². The summed E-state index contributed by atoms with van der Waals surface area (Å²) in [6, 6.07) is 13.6. The number of aryl methyl sites for hydroxylation is 1. The third-order valence-corrected chi connectivity index (χ3v) is 4.21. The number of nitrogens with zero attached hydrogens (tertiary/aromatic N) is 6. The number of pyridine rings is 1. The van der Waals surface area contributed by atoms with Crippen LogP contribution in [0.2, 0.25) is 0 Å². The zero-order chi connectivity index (χ0) is 18.4. The number of fused-ring (bicyclic) bond motifs is 2. The highest BCUT2D eigenvalue weighted by molar-refractivity contribution is 5.92. The predicted molar refractivity (Wildman–Crippen MR) is 103 cm³/mol. The molecule has 27 heavy (non-hydrogen) atoms. The molecule has 4 aromatic heterocycles. The first-order chi connectivity index (χ1) is 13.2. The zero-order valence-corrected chi connectivity index (χ0v) is 14.4. The van der Waals surface area contributed by atoms with E-state index in [1.165, 1.54) is 0 Å². The molecule has 0 radical (unpaired) electrons. The van der Waals surface area contributed by atoms with Gasteiger partial charge in [0.1, 0.15) is 17.2 Å². The summed E-state index contributed by atoms with van der Waals surface area (Å²) in [7, 11) is 0. The van der Waals surface area contributed by atoms with Crippen LogP contribution in [0.1, 0.15) is 5.82 Å². The Kier molecular flexibility index (Phi) is 3.26. The molecule has 0 spiro atoms. The normalized spacial score (nSPS) is 11.3. The number of nitrogens with two attached hydrogens (primary N) is 1. The lowest BCUT2D eigenvalue weighted by atomic mass is 10.2. The van der Waals surface area contributed by atoms with Crippen molar-refractivity contribution in [2.45, 2.75) is 6.92 Å². The number of aromatic amines is 1. The van der Waals surface area contributed by atoms with E-state index in [0.717, 1.165) is 16.6 Å². The summed E-state index contributed by atoms with van der Waals surface area (Å²) in [5.41, 5.74) is 8.22. The van der Waals surface area contributed by atoms with E-state index in [1.54, 1.807) is 6.92 Å². The Bertz CT molecular complexity index is 1260. The predicted octanol–water partition coefficient (Wildman–Crippen LogP) is 2.70. The summed E-state index contributed by atoms with van der Waals surface area (Å²) in [6.07, 6.45) is 1.90. The summed E-state index contributed by atoms with van der Waals surface area (Å²) >= 11 is 0. The fourth-order valence-corrected chi connectivity index (χ4v) is 3.08. The van der Waals surface area contributed by atoms with Crippen LogP contribution in [-0.4, -0.2) is 34.5 Å². The lowest BCUT2D eigenvalue weighted by molar-refractivity contribution is 0.983. The second-order valence-corrected chi connectivity index (χ2v) is 6.05. The smallest absolute Gasteiger partial charge is 0.223 e. The first-order valence-corrected chi connectivity index (χ1v) is 8.35. The van der Waals surface area contributed by atoms with Gasteiger partial charge in [0.2, 0.25) is 5.95 Å². The highest BCUT2D eigenvalue weighted by atomic mass is 15.2. The average molecular weight is 357 g/mol. The summed E-state index contributed by atoms with van der Waals surface area (Å²) < 4.78 is 1.91. The maximum absolute atomic E-state index is 5.84. The maximum Gasteiger partial charge on any atom is 0.223 e. The number of nitrogen functional groups attached to an aromatic ring is 1. The van der Waals surface area contributed by atoms with Crippen LogP contribution in [-0.2, 0) is 0 Å². The Morgan fingerprint density at radius 2 is 1.81 bits per heavy atom. The fraction of sp³-hybridized carbons (Fsp3) is 0.0556. The molecule has 0 aliphatic carbocycles. The molecule has 5 aromatic rings. The van der Waals surface area contributed by atoms with Crippen LogP contribution in [0.5, 0.6) is 0 Å². The van der Waals surface area contributed by atoms with E-state index in [1.807, 2.05) is 53.1 Å². The monoisotopic (exact) mass is 357 g/mol. The number of anilines is 3. The van der Waals surface area contributed by atoms with Gasteiger partial charge in [0.25, 0.3) is 0 Å². The fourth-order valence-electron chi connectivity index (χ4n) is 3.08. The van der Waals surface area contributed by atoms with Gasteiger partial charge < -0.3 is 11.1 Å². The van der Waals surface area contributed by atoms with Crippen LogP contribution < -0.4 is 11.1 Å². The number of para-hydroxylation sites is 1. The van der Waals surface area contributed by atoms with Crippen LogP contribution in [0, 0.1) is 6.92 Å². The summed E-state index contributed by atoms with van der Waals surface area (Å²) in [5.74, 6) is 2.41. The molecule has 0 atom stereocenters. The highest BCUT2D eigenvalue weighted by Gasteiger charge is 2.19. The van der Waals surface area contributed by atoms with E-state index in [2.05, 4.69) is 35.5 Å². The number of rotatable bonds is 3. The molecule has 0 aliphatic rings. The SMILES string of the molecule is Cc1nc(N)nc(-c2c(Nc3n[nH]c4ccccc34)nc3ccccn23)n1. The number of nitrogens with one attached hydrogen (secondary N) is 2. The van der Waals surface area contributed by atoms with Crippen molar-refractivity contribution in [1.29, 1.82) is 0 Å². The zero-order valence-electron chi connectivity index (χ0n) is 14.4. The van der Waals surface area contributed by atoms with Crippen molar-refractivity contribution in [3.63, 3.8) is 0 Å². The van der Waals surface area contributed by atoms with Gasteiger partial charge >= 0.3 is 0 Å². The minimum Gasteiger partial charge on any atom is -0.368 e. The Morgan fingerprint density at radius 1 is 0.963 bits per heavy atom. The largest absolute Gasteiger partial charge is 0.368 e. The van der Waals surface area contributed by atoms with Crippen molar-refractivity contribution in [3.05, 3.63) is 54.5 Å². The van der Waals surface area contributed by atoms with E-state index in [9.17, 15) is 0 Å². The molecule has 0 amide bonds. The molecule has 4 heterocycles. The molecule has 1 aromatic carbocycles. The molecular weight excluding hydrogens is 342 g/mol. The van der Waals surface area contributed by atoms with Gasteiger partial charge in [0.05, 0.1) is 5.52 Å². The van der Waals surface area contributed by atoms with E-state index in [0.29, 0.717) is 29.0 Å². The third kappa shape index (κ3) is 2.53. The highest BCUT2D eigenvalue weighted by Crippen LogP contribution is 2.31. The number of aromatic nitrogens is 7. The quantitative estimate of drug-likeness (QED) is 0.453. The topological polar surface area (TPSA) is 123 Å². The molecule has 0 fully saturated rings. The van der Waals surface area contributed by atoms with Gasteiger partial charge in [-0.15, -0.1) is 0 Å². The van der Waals surface area contributed by atoms with Crippen LogP contribution in [0.4, 0.5) is 17.6 Å². The van der Waals surface area contributed by atoms with Gasteiger partial charge in [-0.05, 0) is 31.2 Å². The van der Waals surface area contributed by atoms with Crippen LogP contribution in [0.15, 0.2) is 48.7 Å². The minimum atomic E-state index is 0.166. The summed E-state index contributed by atoms with van der Waals surface area (Å²) in [5, 5.41) is 11.7. The van der Waals surface area contributed by atoms with Gasteiger partial charge in [-0.25, -0.2) is 9.97 Å². The molecule has 132 valence electrons. The Balaban J connectivity index is 1.72. The lowest BCUT2D eigenvalue weighted by Gasteiger charge is -2.06. The lowest BCUT2D eigenvalue weighted by Crippen LogP contribution is -2.04. The van der Waals surface area contributed by atoms with Crippen LogP contribution in [0.3, 0.4) is 0 Å². The number of hydrogen-bond acceptors (Lipinski definition) is 7. The Hall–Kier alpha value is -4.01. The first kappa shape index (κ1) is 15.3. The van der Waals surface area contributed by atoms with Crippen molar-refractivity contribution in [3.8, 4) is 11.5 Å². The van der Waals surface area contributed by atoms with E-state index >= 15 is 0 Å². The average Bonchev–Trinajstić information content (AvgIpc) is 3.22. The molecule has 0 saturated carbocycles. The van der Waals surface area contributed by atoms with E-state index in [4.69, 9.17) is 5.73 Å². The minimum absolute atomic E-state index is 0.166. The molecular formula is C18H15N9. The van der Waals surface area contributed by atoms with Crippen LogP contribution in [0.25, 0.3) is 28.1 Å². The molecule has 0 bridgehead atoms. The molecule has 5 rings (SSSR count). The number of imidazole rings is 1. The molecule has 4 N–H and O–H groups in total. The van der Waals surface area contributed by atoms with Gasteiger partial charge in [-0.2, -0.15) is 15.1 Å². The molecule has 9 nitrogen and oxygen atoms in total. The maximum atomic E-state index is 5.84. The van der Waals surface area contributed by atoms with Crippen molar-refractivity contribution in [2.75, 3.05) is 11.1 Å². The Labute approximate surface area is 153 Å². The van der Waals surface area contributed by atoms with E-state index < -0.39 is 0 Å². The molecule has 0 unspecified atom stereocenters. The van der Waals surface area contributed by atoms with Crippen molar-refractivity contribution < 1.29 is 0 Å². The van der Waals surface area contributed by atoms with Gasteiger partial charge in [0, 0.05) is 11.6 Å². The first-order valence-electron chi connectivity index (χ1n) is 8.35. The number of hydrogen-bond donors (Lipinski definition) is 3. The van der Waals surface area contributed by atoms with Gasteiger partial charge in [-0.3, -0.25) is 9.50 Å². The summed E-state index contributed by atoms with van der Waals surface area (Å²) in [4.78, 5) is 17.5. The molecule has 0 aliphatic heterocycles. The second kappa shape index (κ2) is 5.77.